The Balaban J connectivity index is 1.51. The molecule has 1 aromatic carbocycles. The van der Waals surface area contributed by atoms with Gasteiger partial charge in [0.1, 0.15) is 11.5 Å². The molecule has 6 nitrogen and oxygen atoms in total. The van der Waals surface area contributed by atoms with E-state index in [0.29, 0.717) is 18.9 Å². The van der Waals surface area contributed by atoms with Crippen molar-refractivity contribution in [2.24, 2.45) is 5.41 Å². The third-order valence-corrected chi connectivity index (χ3v) is 7.30. The Morgan fingerprint density at radius 1 is 1.28 bits per heavy atom. The van der Waals surface area contributed by atoms with Crippen LogP contribution in [-0.4, -0.2) is 55.2 Å². The first-order valence-electron chi connectivity index (χ1n) is 11.9. The van der Waals surface area contributed by atoms with Crippen LogP contribution in [-0.2, 0) is 17.8 Å². The summed E-state index contributed by atoms with van der Waals surface area (Å²) in [6.07, 6.45) is 7.67. The number of benzene rings is 1. The van der Waals surface area contributed by atoms with Crippen molar-refractivity contribution in [3.63, 3.8) is 0 Å². The van der Waals surface area contributed by atoms with E-state index >= 15 is 0 Å². The fraction of sp³-hybridized carbons (Fsp3) is 0.615. The Morgan fingerprint density at radius 2 is 2.06 bits per heavy atom. The number of rotatable bonds is 7. The number of nitrogens with zero attached hydrogens (tertiary/aromatic N) is 3. The van der Waals surface area contributed by atoms with Crippen molar-refractivity contribution >= 4 is 5.91 Å². The molecule has 0 spiro atoms. The van der Waals surface area contributed by atoms with Gasteiger partial charge in [-0.15, -0.1) is 0 Å². The van der Waals surface area contributed by atoms with Gasteiger partial charge in [0.25, 0.3) is 0 Å². The van der Waals surface area contributed by atoms with Gasteiger partial charge in [0.2, 0.25) is 5.91 Å². The van der Waals surface area contributed by atoms with Gasteiger partial charge in [0, 0.05) is 51.2 Å². The topological polar surface area (TPSA) is 58.8 Å². The van der Waals surface area contributed by atoms with Crippen LogP contribution in [0.25, 0.3) is 0 Å². The van der Waals surface area contributed by atoms with E-state index in [1.807, 2.05) is 14.1 Å². The summed E-state index contributed by atoms with van der Waals surface area (Å²) in [5, 5.41) is 4.41. The number of hydrogen-bond donors (Lipinski definition) is 0. The second kappa shape index (κ2) is 9.65. The fourth-order valence-electron chi connectivity index (χ4n) is 5.67. The van der Waals surface area contributed by atoms with Crippen LogP contribution < -0.4 is 4.74 Å². The van der Waals surface area contributed by atoms with Crippen LogP contribution in [0.5, 0.6) is 5.75 Å². The van der Waals surface area contributed by atoms with E-state index in [0.717, 1.165) is 42.3 Å². The van der Waals surface area contributed by atoms with Crippen molar-refractivity contribution in [1.82, 2.24) is 15.0 Å². The number of para-hydroxylation sites is 1. The highest BCUT2D eigenvalue weighted by molar-refractivity contribution is 5.83. The zero-order valence-corrected chi connectivity index (χ0v) is 20.0. The van der Waals surface area contributed by atoms with Crippen LogP contribution in [0, 0.1) is 12.3 Å². The SMILES string of the molecule is COc1c(C)cccc1CN1CC[C@@](Cc2cc(C3CCCCC3)no2)(C(=O)N(C)C)C1. The van der Waals surface area contributed by atoms with Gasteiger partial charge in [0.05, 0.1) is 18.2 Å². The van der Waals surface area contributed by atoms with Gasteiger partial charge in [-0.1, -0.05) is 42.6 Å². The van der Waals surface area contributed by atoms with E-state index in [9.17, 15) is 4.79 Å². The summed E-state index contributed by atoms with van der Waals surface area (Å²) in [5.41, 5.74) is 2.90. The molecular weight excluding hydrogens is 402 g/mol. The van der Waals surface area contributed by atoms with Gasteiger partial charge in [0.15, 0.2) is 0 Å². The summed E-state index contributed by atoms with van der Waals surface area (Å²) in [6, 6.07) is 8.38. The number of carbonyl (C=O) groups is 1. The summed E-state index contributed by atoms with van der Waals surface area (Å²) in [7, 11) is 5.43. The van der Waals surface area contributed by atoms with E-state index in [1.165, 1.54) is 37.7 Å². The summed E-state index contributed by atoms with van der Waals surface area (Å²) < 4.78 is 11.4. The van der Waals surface area contributed by atoms with E-state index in [2.05, 4.69) is 41.2 Å². The van der Waals surface area contributed by atoms with Gasteiger partial charge >= 0.3 is 0 Å². The zero-order chi connectivity index (χ0) is 22.7. The molecule has 2 aliphatic rings. The average molecular weight is 440 g/mol. The normalized spacial score (nSPS) is 22.2. The lowest BCUT2D eigenvalue weighted by Crippen LogP contribution is -2.43. The molecule has 0 radical (unpaired) electrons. The number of aryl methyl sites for hydroxylation is 1. The highest BCUT2D eigenvalue weighted by Gasteiger charge is 2.46. The van der Waals surface area contributed by atoms with Crippen LogP contribution >= 0.6 is 0 Å². The third-order valence-electron chi connectivity index (χ3n) is 7.30. The molecule has 1 saturated carbocycles. The average Bonchev–Trinajstić information content (AvgIpc) is 3.42. The number of carbonyl (C=O) groups excluding carboxylic acids is 1. The van der Waals surface area contributed by atoms with Crippen LogP contribution in [0.4, 0.5) is 0 Å². The first-order valence-corrected chi connectivity index (χ1v) is 11.9. The molecule has 4 rings (SSSR count). The maximum atomic E-state index is 13.4. The number of hydrogen-bond acceptors (Lipinski definition) is 5. The van der Waals surface area contributed by atoms with E-state index in [-0.39, 0.29) is 5.91 Å². The molecular formula is C26H37N3O3. The predicted molar refractivity (Wildman–Crippen MR) is 125 cm³/mol. The number of likely N-dealkylation sites (tertiary alicyclic amines) is 1. The van der Waals surface area contributed by atoms with Gasteiger partial charge in [-0.05, 0) is 38.3 Å². The highest BCUT2D eigenvalue weighted by Crippen LogP contribution is 2.39. The van der Waals surface area contributed by atoms with Crippen molar-refractivity contribution in [2.75, 3.05) is 34.3 Å². The molecule has 1 atom stereocenters. The molecule has 174 valence electrons. The summed E-state index contributed by atoms with van der Waals surface area (Å²) in [4.78, 5) is 17.5. The molecule has 32 heavy (non-hydrogen) atoms. The lowest BCUT2D eigenvalue weighted by molar-refractivity contribution is -0.139. The highest BCUT2D eigenvalue weighted by atomic mass is 16.5. The van der Waals surface area contributed by atoms with Crippen LogP contribution in [0.15, 0.2) is 28.8 Å². The Hall–Kier alpha value is -2.34. The lowest BCUT2D eigenvalue weighted by atomic mass is 9.80. The van der Waals surface area contributed by atoms with Gasteiger partial charge < -0.3 is 14.2 Å². The molecule has 1 aromatic heterocycles. The standard InChI is InChI=1S/C26H37N3O3/c1-19-9-8-12-21(24(19)31-4)17-29-14-13-26(18-29,25(30)28(2)3)16-22-15-23(27-32-22)20-10-6-5-7-11-20/h8-9,12,15,20H,5-7,10-11,13-14,16-18H2,1-4H3/t26-/m0/s1. The summed E-state index contributed by atoms with van der Waals surface area (Å²) in [6.45, 7) is 4.43. The number of ether oxygens (including phenoxy) is 1. The number of aromatic nitrogens is 1. The summed E-state index contributed by atoms with van der Waals surface area (Å²) in [5.74, 6) is 2.47. The summed E-state index contributed by atoms with van der Waals surface area (Å²) >= 11 is 0. The molecule has 6 heteroatoms. The first kappa shape index (κ1) is 22.8. The Labute approximate surface area is 191 Å². The number of methoxy groups -OCH3 is 1. The zero-order valence-electron chi connectivity index (χ0n) is 20.0. The Morgan fingerprint density at radius 3 is 2.78 bits per heavy atom. The fourth-order valence-corrected chi connectivity index (χ4v) is 5.67. The molecule has 0 unspecified atom stereocenters. The minimum absolute atomic E-state index is 0.173. The maximum Gasteiger partial charge on any atom is 0.230 e. The van der Waals surface area contributed by atoms with Crippen LogP contribution in [0.1, 0.15) is 67.0 Å². The van der Waals surface area contributed by atoms with Crippen LogP contribution in [0.2, 0.25) is 0 Å². The van der Waals surface area contributed by atoms with Gasteiger partial charge in [-0.2, -0.15) is 0 Å². The molecule has 2 heterocycles. The largest absolute Gasteiger partial charge is 0.496 e. The molecule has 1 saturated heterocycles. The van der Waals surface area contributed by atoms with Gasteiger partial charge in [-0.3, -0.25) is 9.69 Å². The molecule has 1 aliphatic carbocycles. The Bertz CT molecular complexity index is 932. The van der Waals surface area contributed by atoms with Gasteiger partial charge in [-0.25, -0.2) is 0 Å². The quantitative estimate of drug-likeness (QED) is 0.633. The van der Waals surface area contributed by atoms with Crippen molar-refractivity contribution in [1.29, 1.82) is 0 Å². The third kappa shape index (κ3) is 4.70. The van der Waals surface area contributed by atoms with Crippen molar-refractivity contribution < 1.29 is 14.1 Å². The predicted octanol–water partition coefficient (Wildman–Crippen LogP) is 4.56. The van der Waals surface area contributed by atoms with Crippen LogP contribution in [0.3, 0.4) is 0 Å². The van der Waals surface area contributed by atoms with E-state index < -0.39 is 5.41 Å². The lowest BCUT2D eigenvalue weighted by Gasteiger charge is -2.30. The smallest absolute Gasteiger partial charge is 0.230 e. The second-order valence-corrected chi connectivity index (χ2v) is 9.94. The molecule has 2 fully saturated rings. The molecule has 2 aromatic rings. The molecule has 1 amide bonds. The van der Waals surface area contributed by atoms with Crippen molar-refractivity contribution in [2.45, 2.75) is 64.3 Å². The molecule has 1 aliphatic heterocycles. The monoisotopic (exact) mass is 439 g/mol. The Kier molecular flexibility index (Phi) is 6.89. The van der Waals surface area contributed by atoms with E-state index in [4.69, 9.17) is 9.26 Å². The molecule has 0 N–H and O–H groups in total. The minimum Gasteiger partial charge on any atom is -0.496 e. The second-order valence-electron chi connectivity index (χ2n) is 9.94. The maximum absolute atomic E-state index is 13.4. The van der Waals surface area contributed by atoms with Crippen molar-refractivity contribution in [3.8, 4) is 5.75 Å². The minimum atomic E-state index is -0.482. The first-order chi connectivity index (χ1) is 15.4. The van der Waals surface area contributed by atoms with Crippen molar-refractivity contribution in [3.05, 3.63) is 46.8 Å². The molecule has 0 bridgehead atoms. The number of amides is 1. The van der Waals surface area contributed by atoms with E-state index in [1.54, 1.807) is 12.0 Å².